The molecule has 3 aliphatic heterocycles. The van der Waals surface area contributed by atoms with Crippen LogP contribution in [-0.2, 0) is 15.0 Å². The Balaban J connectivity index is 1.70. The molecule has 8 heteroatoms. The lowest BCUT2D eigenvalue weighted by atomic mass is 9.60. The number of nitrogens with one attached hydrogen (secondary N) is 3. The van der Waals surface area contributed by atoms with Crippen LogP contribution in [0.5, 0.6) is 0 Å². The number of hydrogen-bond donors (Lipinski definition) is 4. The van der Waals surface area contributed by atoms with E-state index in [1.807, 2.05) is 44.2 Å². The molecule has 0 bridgehead atoms. The molecule has 154 valence electrons. The zero-order valence-electron chi connectivity index (χ0n) is 16.8. The van der Waals surface area contributed by atoms with E-state index in [1.165, 1.54) is 17.3 Å². The van der Waals surface area contributed by atoms with Gasteiger partial charge in [0, 0.05) is 17.5 Å². The van der Waals surface area contributed by atoms with Crippen molar-refractivity contribution in [3.8, 4) is 0 Å². The summed E-state index contributed by atoms with van der Waals surface area (Å²) in [6.45, 7) is 8.04. The highest BCUT2D eigenvalue weighted by Gasteiger charge is 2.72. The Kier molecular flexibility index (Phi) is 3.62. The summed E-state index contributed by atoms with van der Waals surface area (Å²) in [6.07, 6.45) is 5.83. The van der Waals surface area contributed by atoms with Gasteiger partial charge in [-0.3, -0.25) is 14.5 Å². The average molecular weight is 405 g/mol. The van der Waals surface area contributed by atoms with E-state index in [4.69, 9.17) is 0 Å². The fraction of sp³-hybridized carbons (Fsp3) is 0.318. The Bertz CT molecular complexity index is 1110. The van der Waals surface area contributed by atoms with Crippen LogP contribution < -0.4 is 10.6 Å². The molecule has 0 aliphatic carbocycles. The smallest absolute Gasteiger partial charge is 0.278 e. The lowest BCUT2D eigenvalue weighted by Crippen LogP contribution is -2.66. The van der Waals surface area contributed by atoms with Crippen LogP contribution in [0.15, 0.2) is 55.1 Å². The van der Waals surface area contributed by atoms with E-state index in [-0.39, 0.29) is 12.1 Å². The number of amides is 2. The number of aromatic amines is 1. The van der Waals surface area contributed by atoms with Crippen molar-refractivity contribution in [2.45, 2.75) is 37.6 Å². The molecule has 5 rings (SSSR count). The molecule has 3 atom stereocenters. The molecular weight excluding hydrogens is 382 g/mol. The first-order valence-corrected chi connectivity index (χ1v) is 9.82. The first-order valence-electron chi connectivity index (χ1n) is 9.82. The summed E-state index contributed by atoms with van der Waals surface area (Å²) >= 11 is 0. The number of hydrogen-bond acceptors (Lipinski definition) is 5. The van der Waals surface area contributed by atoms with Gasteiger partial charge in [0.2, 0.25) is 5.72 Å². The van der Waals surface area contributed by atoms with Gasteiger partial charge in [-0.15, -0.1) is 6.58 Å². The number of carbonyl (C=O) groups excluding carboxylic acids is 2. The van der Waals surface area contributed by atoms with Crippen molar-refractivity contribution in [2.75, 3.05) is 5.32 Å². The van der Waals surface area contributed by atoms with Gasteiger partial charge in [0.25, 0.3) is 11.8 Å². The zero-order chi connectivity index (χ0) is 21.3. The van der Waals surface area contributed by atoms with Crippen molar-refractivity contribution < 1.29 is 14.7 Å². The first-order chi connectivity index (χ1) is 14.2. The predicted molar refractivity (Wildman–Crippen MR) is 111 cm³/mol. The van der Waals surface area contributed by atoms with E-state index in [0.717, 1.165) is 11.3 Å². The van der Waals surface area contributed by atoms with Crippen molar-refractivity contribution in [1.82, 2.24) is 20.2 Å². The maximum absolute atomic E-state index is 13.5. The number of carbonyl (C=O) groups is 2. The second-order valence-corrected chi connectivity index (χ2v) is 8.68. The lowest BCUT2D eigenvalue weighted by molar-refractivity contribution is -0.173. The van der Waals surface area contributed by atoms with Crippen LogP contribution in [0, 0.1) is 5.41 Å². The highest BCUT2D eigenvalue weighted by Crippen LogP contribution is 2.62. The van der Waals surface area contributed by atoms with Crippen LogP contribution in [0.3, 0.4) is 0 Å². The van der Waals surface area contributed by atoms with Gasteiger partial charge in [0.05, 0.1) is 18.2 Å². The minimum absolute atomic E-state index is 0.0581. The number of nitrogens with zero attached hydrogens (tertiary/aromatic N) is 2. The SMILES string of the molecule is C=CC(C)(C)[C@@]12C[C@]3(O)C(=O)N/C(=C\c4cnc[nH]4)C(=O)N3[C@@H]1Nc1ccccc12. The molecule has 0 radical (unpaired) electrons. The number of benzene rings is 1. The number of imidazole rings is 1. The number of H-pyrrole nitrogens is 1. The van der Waals surface area contributed by atoms with E-state index in [0.29, 0.717) is 5.69 Å². The van der Waals surface area contributed by atoms with Crippen LogP contribution in [0.4, 0.5) is 5.69 Å². The van der Waals surface area contributed by atoms with Gasteiger partial charge in [0.15, 0.2) is 0 Å². The normalized spacial score (nSPS) is 31.1. The summed E-state index contributed by atoms with van der Waals surface area (Å²) in [5.41, 5.74) is -0.745. The molecule has 0 unspecified atom stereocenters. The summed E-state index contributed by atoms with van der Waals surface area (Å²) in [6, 6.07) is 7.78. The molecule has 2 amide bonds. The Hall–Kier alpha value is -3.39. The molecule has 8 nitrogen and oxygen atoms in total. The average Bonchev–Trinajstić information content (AvgIpc) is 3.39. The molecule has 4 heterocycles. The van der Waals surface area contributed by atoms with Gasteiger partial charge in [0.1, 0.15) is 11.9 Å². The number of aliphatic hydroxyl groups is 1. The van der Waals surface area contributed by atoms with Crippen LogP contribution in [0.2, 0.25) is 0 Å². The van der Waals surface area contributed by atoms with Gasteiger partial charge < -0.3 is 20.7 Å². The van der Waals surface area contributed by atoms with Crippen LogP contribution >= 0.6 is 0 Å². The highest BCUT2D eigenvalue weighted by molar-refractivity contribution is 6.09. The van der Waals surface area contributed by atoms with Gasteiger partial charge in [-0.1, -0.05) is 38.1 Å². The highest BCUT2D eigenvalue weighted by atomic mass is 16.3. The van der Waals surface area contributed by atoms with Gasteiger partial charge in [-0.25, -0.2) is 4.98 Å². The first kappa shape index (κ1) is 18.6. The second-order valence-electron chi connectivity index (χ2n) is 8.68. The molecule has 1 aromatic carbocycles. The predicted octanol–water partition coefficient (Wildman–Crippen LogP) is 1.70. The maximum Gasteiger partial charge on any atom is 0.278 e. The number of anilines is 1. The number of rotatable bonds is 3. The molecular formula is C22H23N5O3. The summed E-state index contributed by atoms with van der Waals surface area (Å²) < 4.78 is 0. The van der Waals surface area contributed by atoms with Crippen LogP contribution in [0.1, 0.15) is 31.5 Å². The van der Waals surface area contributed by atoms with E-state index in [1.54, 1.807) is 6.20 Å². The maximum atomic E-state index is 13.5. The third-order valence-corrected chi connectivity index (χ3v) is 6.89. The number of aromatic nitrogens is 2. The summed E-state index contributed by atoms with van der Waals surface area (Å²) in [7, 11) is 0. The molecule has 2 fully saturated rings. The van der Waals surface area contributed by atoms with Crippen molar-refractivity contribution >= 4 is 23.6 Å². The molecule has 2 saturated heterocycles. The van der Waals surface area contributed by atoms with E-state index in [9.17, 15) is 14.7 Å². The van der Waals surface area contributed by atoms with Gasteiger partial charge in [-0.05, 0) is 23.1 Å². The molecule has 30 heavy (non-hydrogen) atoms. The molecule has 4 N–H and O–H groups in total. The van der Waals surface area contributed by atoms with E-state index >= 15 is 0 Å². The third-order valence-electron chi connectivity index (χ3n) is 6.89. The minimum Gasteiger partial charge on any atom is -0.364 e. The van der Waals surface area contributed by atoms with Crippen LogP contribution in [0.25, 0.3) is 6.08 Å². The zero-order valence-corrected chi connectivity index (χ0v) is 16.8. The molecule has 0 saturated carbocycles. The fourth-order valence-corrected chi connectivity index (χ4v) is 5.17. The Labute approximate surface area is 173 Å². The lowest BCUT2D eigenvalue weighted by Gasteiger charge is -2.43. The monoisotopic (exact) mass is 405 g/mol. The van der Waals surface area contributed by atoms with E-state index < -0.39 is 34.5 Å². The Morgan fingerprint density at radius 3 is 2.80 bits per heavy atom. The molecule has 0 spiro atoms. The Morgan fingerprint density at radius 1 is 1.33 bits per heavy atom. The molecule has 1 aromatic heterocycles. The summed E-state index contributed by atoms with van der Waals surface area (Å²) in [4.78, 5) is 34.7. The summed E-state index contributed by atoms with van der Waals surface area (Å²) in [5, 5.41) is 17.5. The van der Waals surface area contributed by atoms with Crippen molar-refractivity contribution in [3.05, 3.63) is 66.4 Å². The van der Waals surface area contributed by atoms with Crippen molar-refractivity contribution in [3.63, 3.8) is 0 Å². The van der Waals surface area contributed by atoms with E-state index in [2.05, 4.69) is 27.2 Å². The quantitative estimate of drug-likeness (QED) is 0.459. The van der Waals surface area contributed by atoms with Crippen molar-refractivity contribution in [2.24, 2.45) is 5.41 Å². The number of allylic oxidation sites excluding steroid dienone is 1. The second kappa shape index (κ2) is 5.82. The molecule has 2 aromatic rings. The minimum atomic E-state index is -1.98. The molecule has 3 aliphatic rings. The van der Waals surface area contributed by atoms with Crippen molar-refractivity contribution in [1.29, 1.82) is 0 Å². The number of fused-ring (bicyclic) bond motifs is 5. The fourth-order valence-electron chi connectivity index (χ4n) is 5.17. The van der Waals surface area contributed by atoms with Crippen LogP contribution in [-0.4, -0.2) is 43.7 Å². The summed E-state index contributed by atoms with van der Waals surface area (Å²) in [5.74, 6) is -1.08. The third kappa shape index (κ3) is 2.11. The number of para-hydroxylation sites is 1. The standard InChI is InChI=1S/C22H23N5O3/c1-4-20(2,3)21-11-22(30)19(29)26-16(9-13-10-23-12-24-13)17(28)27(22)18(21)25-15-8-6-5-7-14(15)21/h4-10,12,18,25,30H,1,11H2,2-3H3,(H,23,24)(H,26,29)/b16-9-/t18-,21+,22-/m0/s1. The van der Waals surface area contributed by atoms with Gasteiger partial charge in [-0.2, -0.15) is 0 Å². The largest absolute Gasteiger partial charge is 0.364 e. The number of piperazine rings is 1. The topological polar surface area (TPSA) is 110 Å². The Morgan fingerprint density at radius 2 is 2.10 bits per heavy atom. The van der Waals surface area contributed by atoms with Gasteiger partial charge >= 0.3 is 0 Å².